The van der Waals surface area contributed by atoms with Gasteiger partial charge in [-0.3, -0.25) is 0 Å². The third-order valence-electron chi connectivity index (χ3n) is 4.28. The highest BCUT2D eigenvalue weighted by atomic mass is 15.1. The zero-order chi connectivity index (χ0) is 13.5. The van der Waals surface area contributed by atoms with Crippen LogP contribution in [0.2, 0.25) is 0 Å². The number of rotatable bonds is 4. The van der Waals surface area contributed by atoms with Crippen LogP contribution in [0.3, 0.4) is 0 Å². The Hall–Kier alpha value is -1.33. The predicted octanol–water partition coefficient (Wildman–Crippen LogP) is 3.95. The van der Waals surface area contributed by atoms with Crippen molar-refractivity contribution in [1.82, 2.24) is 4.90 Å². The molecule has 1 unspecified atom stereocenters. The minimum absolute atomic E-state index is 0.00514. The molecule has 19 heavy (non-hydrogen) atoms. The van der Waals surface area contributed by atoms with E-state index < -0.39 is 0 Å². The molecule has 0 radical (unpaired) electrons. The molecule has 0 heterocycles. The second kappa shape index (κ2) is 7.31. The summed E-state index contributed by atoms with van der Waals surface area (Å²) < 4.78 is 0. The zero-order valence-corrected chi connectivity index (χ0v) is 11.9. The third-order valence-corrected chi connectivity index (χ3v) is 4.28. The highest BCUT2D eigenvalue weighted by Gasteiger charge is 2.20. The quantitative estimate of drug-likeness (QED) is 0.763. The topological polar surface area (TPSA) is 27.0 Å². The molecule has 1 aliphatic carbocycles. The zero-order valence-electron chi connectivity index (χ0n) is 11.9. The molecule has 0 bridgehead atoms. The van der Waals surface area contributed by atoms with Gasteiger partial charge < -0.3 is 4.90 Å². The summed E-state index contributed by atoms with van der Waals surface area (Å²) in [5, 5.41) is 9.41. The van der Waals surface area contributed by atoms with Crippen LogP contribution in [0.5, 0.6) is 0 Å². The fourth-order valence-electron chi connectivity index (χ4n) is 3.04. The van der Waals surface area contributed by atoms with Gasteiger partial charge in [0, 0.05) is 12.6 Å². The van der Waals surface area contributed by atoms with Crippen molar-refractivity contribution in [2.75, 3.05) is 13.6 Å². The molecular weight excluding hydrogens is 232 g/mol. The average molecular weight is 256 g/mol. The molecule has 1 aromatic rings. The van der Waals surface area contributed by atoms with E-state index in [1.54, 1.807) is 0 Å². The summed E-state index contributed by atoms with van der Waals surface area (Å²) in [5.41, 5.74) is 1.14. The van der Waals surface area contributed by atoms with Crippen molar-refractivity contribution in [3.63, 3.8) is 0 Å². The molecule has 0 aliphatic heterocycles. The van der Waals surface area contributed by atoms with E-state index in [9.17, 15) is 5.26 Å². The Bertz CT molecular complexity index is 399. The molecule has 102 valence electrons. The third kappa shape index (κ3) is 4.08. The lowest BCUT2D eigenvalue weighted by Crippen LogP contribution is -2.34. The lowest BCUT2D eigenvalue weighted by Gasteiger charge is -2.28. The lowest BCUT2D eigenvalue weighted by atomic mass is 9.98. The van der Waals surface area contributed by atoms with Gasteiger partial charge in [0.25, 0.3) is 0 Å². The Morgan fingerprint density at radius 1 is 1.16 bits per heavy atom. The van der Waals surface area contributed by atoms with Gasteiger partial charge in [-0.05, 0) is 25.5 Å². The molecule has 2 heteroatoms. The minimum Gasteiger partial charge on any atom is -0.302 e. The molecular formula is C17H24N2. The Labute approximate surface area is 117 Å². The molecule has 1 atom stereocenters. The van der Waals surface area contributed by atoms with Crippen LogP contribution in [-0.2, 0) is 0 Å². The summed E-state index contributed by atoms with van der Waals surface area (Å²) >= 11 is 0. The van der Waals surface area contributed by atoms with E-state index >= 15 is 0 Å². The van der Waals surface area contributed by atoms with Gasteiger partial charge in [-0.25, -0.2) is 0 Å². The normalized spacial score (nSPS) is 18.8. The molecule has 1 aromatic carbocycles. The number of likely N-dealkylation sites (N-methyl/N-ethyl adjacent to an activating group) is 1. The highest BCUT2D eigenvalue weighted by Crippen LogP contribution is 2.23. The largest absolute Gasteiger partial charge is 0.302 e. The van der Waals surface area contributed by atoms with Crippen molar-refractivity contribution in [3.05, 3.63) is 35.9 Å². The maximum atomic E-state index is 9.41. The van der Waals surface area contributed by atoms with E-state index in [1.807, 2.05) is 18.2 Å². The van der Waals surface area contributed by atoms with Crippen LogP contribution in [0.4, 0.5) is 0 Å². The average Bonchev–Trinajstić information content (AvgIpc) is 2.74. The summed E-state index contributed by atoms with van der Waals surface area (Å²) in [6.45, 7) is 0.852. The summed E-state index contributed by atoms with van der Waals surface area (Å²) in [4.78, 5) is 2.41. The van der Waals surface area contributed by atoms with Crippen molar-refractivity contribution >= 4 is 0 Å². The van der Waals surface area contributed by atoms with Crippen LogP contribution in [0.15, 0.2) is 30.3 Å². The molecule has 2 rings (SSSR count). The fraction of sp³-hybridized carbons (Fsp3) is 0.588. The number of hydrogen-bond acceptors (Lipinski definition) is 2. The molecule has 0 aromatic heterocycles. The van der Waals surface area contributed by atoms with Gasteiger partial charge in [-0.2, -0.15) is 5.26 Å². The molecule has 2 nitrogen and oxygen atoms in total. The van der Waals surface area contributed by atoms with Gasteiger partial charge >= 0.3 is 0 Å². The van der Waals surface area contributed by atoms with Crippen molar-refractivity contribution in [2.45, 2.75) is 50.5 Å². The molecule has 0 saturated heterocycles. The van der Waals surface area contributed by atoms with Gasteiger partial charge in [-0.1, -0.05) is 56.0 Å². The van der Waals surface area contributed by atoms with Crippen LogP contribution in [0, 0.1) is 11.3 Å². The van der Waals surface area contributed by atoms with Gasteiger partial charge in [-0.15, -0.1) is 0 Å². The van der Waals surface area contributed by atoms with Gasteiger partial charge in [0.2, 0.25) is 0 Å². The Balaban J connectivity index is 1.96. The maximum Gasteiger partial charge on any atom is 0.0839 e. The SMILES string of the molecule is CN(CC(C#N)c1ccccc1)C1CCCCCC1. The highest BCUT2D eigenvalue weighted by molar-refractivity contribution is 5.25. The molecule has 1 fully saturated rings. The van der Waals surface area contributed by atoms with E-state index in [0.29, 0.717) is 6.04 Å². The van der Waals surface area contributed by atoms with E-state index in [0.717, 1.165) is 12.1 Å². The molecule has 0 amide bonds. The first kappa shape index (κ1) is 14.1. The molecule has 0 spiro atoms. The lowest BCUT2D eigenvalue weighted by molar-refractivity contribution is 0.217. The van der Waals surface area contributed by atoms with Crippen LogP contribution in [-0.4, -0.2) is 24.5 Å². The van der Waals surface area contributed by atoms with Crippen molar-refractivity contribution < 1.29 is 0 Å². The Morgan fingerprint density at radius 2 is 1.79 bits per heavy atom. The number of hydrogen-bond donors (Lipinski definition) is 0. The van der Waals surface area contributed by atoms with E-state index in [2.05, 4.69) is 30.1 Å². The Kier molecular flexibility index (Phi) is 5.42. The van der Waals surface area contributed by atoms with Crippen molar-refractivity contribution in [3.8, 4) is 6.07 Å². The molecule has 1 saturated carbocycles. The van der Waals surface area contributed by atoms with Crippen LogP contribution >= 0.6 is 0 Å². The number of benzene rings is 1. The van der Waals surface area contributed by atoms with Gasteiger partial charge in [0.15, 0.2) is 0 Å². The summed E-state index contributed by atoms with van der Waals surface area (Å²) in [5.74, 6) is -0.00514. The summed E-state index contributed by atoms with van der Waals surface area (Å²) in [7, 11) is 2.18. The number of nitriles is 1. The van der Waals surface area contributed by atoms with Crippen LogP contribution < -0.4 is 0 Å². The first-order valence-electron chi connectivity index (χ1n) is 7.46. The van der Waals surface area contributed by atoms with Gasteiger partial charge in [0.05, 0.1) is 12.0 Å². The predicted molar refractivity (Wildman–Crippen MR) is 78.9 cm³/mol. The smallest absolute Gasteiger partial charge is 0.0839 e. The standard InChI is InChI=1S/C17H24N2/c1-19(17-11-7-2-3-8-12-17)14-16(13-18)15-9-5-4-6-10-15/h4-6,9-10,16-17H,2-3,7-8,11-12,14H2,1H3. The summed E-state index contributed by atoms with van der Waals surface area (Å²) in [6, 6.07) is 13.3. The van der Waals surface area contributed by atoms with Crippen LogP contribution in [0.25, 0.3) is 0 Å². The van der Waals surface area contributed by atoms with E-state index in [1.165, 1.54) is 38.5 Å². The Morgan fingerprint density at radius 3 is 2.37 bits per heavy atom. The maximum absolute atomic E-state index is 9.41. The summed E-state index contributed by atoms with van der Waals surface area (Å²) in [6.07, 6.45) is 8.04. The van der Waals surface area contributed by atoms with E-state index in [-0.39, 0.29) is 5.92 Å². The second-order valence-corrected chi connectivity index (χ2v) is 5.68. The van der Waals surface area contributed by atoms with Gasteiger partial charge in [0.1, 0.15) is 0 Å². The second-order valence-electron chi connectivity index (χ2n) is 5.68. The first-order chi connectivity index (χ1) is 9.31. The fourth-order valence-corrected chi connectivity index (χ4v) is 3.04. The number of nitrogens with zero attached hydrogens (tertiary/aromatic N) is 2. The molecule has 0 N–H and O–H groups in total. The van der Waals surface area contributed by atoms with Crippen molar-refractivity contribution in [2.24, 2.45) is 0 Å². The first-order valence-corrected chi connectivity index (χ1v) is 7.46. The molecule has 1 aliphatic rings. The minimum atomic E-state index is -0.00514. The monoisotopic (exact) mass is 256 g/mol. The van der Waals surface area contributed by atoms with Crippen molar-refractivity contribution in [1.29, 1.82) is 5.26 Å². The van der Waals surface area contributed by atoms with Crippen LogP contribution in [0.1, 0.15) is 50.0 Å². The van der Waals surface area contributed by atoms with E-state index in [4.69, 9.17) is 0 Å².